The summed E-state index contributed by atoms with van der Waals surface area (Å²) in [5.41, 5.74) is 4.16. The molecule has 4 aromatic rings. The molecule has 4 rings (SSSR count). The van der Waals surface area contributed by atoms with Crippen LogP contribution in [0, 0.1) is 6.92 Å². The van der Waals surface area contributed by atoms with Crippen molar-refractivity contribution in [2.45, 2.75) is 6.92 Å². The van der Waals surface area contributed by atoms with Gasteiger partial charge in [0, 0.05) is 12.6 Å². The van der Waals surface area contributed by atoms with Crippen molar-refractivity contribution < 1.29 is 14.3 Å². The Balaban J connectivity index is 1.82. The molecule has 3 N–H and O–H groups in total. The van der Waals surface area contributed by atoms with Crippen molar-refractivity contribution in [3.63, 3.8) is 0 Å². The van der Waals surface area contributed by atoms with Gasteiger partial charge in [-0.25, -0.2) is 4.98 Å². The number of aromatic amines is 1. The van der Waals surface area contributed by atoms with Crippen LogP contribution in [0.15, 0.2) is 60.7 Å². The Morgan fingerprint density at radius 3 is 2.42 bits per heavy atom. The molecule has 3 aromatic carbocycles. The van der Waals surface area contributed by atoms with Crippen molar-refractivity contribution in [1.82, 2.24) is 15.3 Å². The predicted molar refractivity (Wildman–Crippen MR) is 121 cm³/mol. The molecule has 0 spiro atoms. The van der Waals surface area contributed by atoms with Crippen LogP contribution in [0.2, 0.25) is 0 Å². The average molecular weight is 414 g/mol. The lowest BCUT2D eigenvalue weighted by Crippen LogP contribution is -2.20. The van der Waals surface area contributed by atoms with Gasteiger partial charge in [0.15, 0.2) is 5.75 Å². The third-order valence-electron chi connectivity index (χ3n) is 5.02. The van der Waals surface area contributed by atoms with E-state index in [1.807, 2.05) is 43.3 Å². The van der Waals surface area contributed by atoms with E-state index in [0.717, 1.165) is 16.9 Å². The maximum Gasteiger partial charge on any atom is 0.258 e. The number of amides is 2. The summed E-state index contributed by atoms with van der Waals surface area (Å²) in [6.45, 7) is 1.84. The maximum absolute atomic E-state index is 13.1. The van der Waals surface area contributed by atoms with Crippen molar-refractivity contribution in [3.05, 3.63) is 77.6 Å². The SMILES string of the molecule is CNC(=O)c1ccc(NC(=O)c2cccc3[nH]c(C)nc23)c(OC)c1-c1ccccc1. The number of nitrogens with one attached hydrogen (secondary N) is 3. The second-order valence-corrected chi connectivity index (χ2v) is 6.99. The Kier molecular flexibility index (Phi) is 5.41. The molecule has 7 heteroatoms. The fourth-order valence-electron chi connectivity index (χ4n) is 3.64. The zero-order chi connectivity index (χ0) is 22.0. The highest BCUT2D eigenvalue weighted by atomic mass is 16.5. The van der Waals surface area contributed by atoms with Gasteiger partial charge in [0.1, 0.15) is 11.3 Å². The van der Waals surface area contributed by atoms with Crippen LogP contribution in [0.1, 0.15) is 26.5 Å². The molecule has 0 aliphatic heterocycles. The van der Waals surface area contributed by atoms with E-state index in [2.05, 4.69) is 20.6 Å². The number of carbonyl (C=O) groups is 2. The molecule has 0 saturated carbocycles. The number of ether oxygens (including phenoxy) is 1. The quantitative estimate of drug-likeness (QED) is 0.457. The van der Waals surface area contributed by atoms with Gasteiger partial charge in [0.05, 0.1) is 29.4 Å². The van der Waals surface area contributed by atoms with E-state index in [0.29, 0.717) is 33.6 Å². The van der Waals surface area contributed by atoms with Gasteiger partial charge in [0.2, 0.25) is 0 Å². The molecule has 0 unspecified atom stereocenters. The second-order valence-electron chi connectivity index (χ2n) is 6.99. The van der Waals surface area contributed by atoms with Crippen LogP contribution in [0.4, 0.5) is 5.69 Å². The minimum atomic E-state index is -0.317. The zero-order valence-corrected chi connectivity index (χ0v) is 17.4. The number of anilines is 1. The van der Waals surface area contributed by atoms with E-state index in [1.165, 1.54) is 7.11 Å². The lowest BCUT2D eigenvalue weighted by atomic mass is 9.96. The number of fused-ring (bicyclic) bond motifs is 1. The summed E-state index contributed by atoms with van der Waals surface area (Å²) in [6.07, 6.45) is 0. The smallest absolute Gasteiger partial charge is 0.258 e. The van der Waals surface area contributed by atoms with Crippen molar-refractivity contribution in [2.75, 3.05) is 19.5 Å². The third-order valence-corrected chi connectivity index (χ3v) is 5.02. The summed E-state index contributed by atoms with van der Waals surface area (Å²) in [5.74, 6) is 0.578. The highest BCUT2D eigenvalue weighted by Gasteiger charge is 2.22. The fraction of sp³-hybridized carbons (Fsp3) is 0.125. The first-order chi connectivity index (χ1) is 15.0. The first kappa shape index (κ1) is 20.2. The molecule has 0 fully saturated rings. The molecule has 0 aliphatic rings. The Hall–Kier alpha value is -4.13. The number of aryl methyl sites for hydroxylation is 1. The Labute approximate surface area is 179 Å². The molecule has 1 aromatic heterocycles. The van der Waals surface area contributed by atoms with Crippen LogP contribution in [0.5, 0.6) is 5.75 Å². The van der Waals surface area contributed by atoms with Crippen molar-refractivity contribution in [1.29, 1.82) is 0 Å². The fourth-order valence-corrected chi connectivity index (χ4v) is 3.64. The van der Waals surface area contributed by atoms with Crippen LogP contribution < -0.4 is 15.4 Å². The number of benzene rings is 3. The van der Waals surface area contributed by atoms with Crippen molar-refractivity contribution in [2.24, 2.45) is 0 Å². The number of methoxy groups -OCH3 is 1. The highest BCUT2D eigenvalue weighted by Crippen LogP contribution is 2.39. The molecule has 0 saturated heterocycles. The standard InChI is InChI=1S/C24H22N4O3/c1-14-26-18-11-7-10-17(21(18)27-14)24(30)28-19-13-12-16(23(29)25-2)20(22(19)31-3)15-8-5-4-6-9-15/h4-13H,1-3H3,(H,25,29)(H,26,27)(H,28,30). The predicted octanol–water partition coefficient (Wildman–Crippen LogP) is 4.16. The molecular weight excluding hydrogens is 392 g/mol. The lowest BCUT2D eigenvalue weighted by Gasteiger charge is -2.18. The van der Waals surface area contributed by atoms with Crippen LogP contribution in [0.3, 0.4) is 0 Å². The number of aromatic nitrogens is 2. The summed E-state index contributed by atoms with van der Waals surface area (Å²) in [6, 6.07) is 18.2. The number of hydrogen-bond donors (Lipinski definition) is 3. The lowest BCUT2D eigenvalue weighted by molar-refractivity contribution is 0.0962. The van der Waals surface area contributed by atoms with Crippen LogP contribution in [-0.4, -0.2) is 35.9 Å². The van der Waals surface area contributed by atoms with E-state index in [1.54, 1.807) is 31.3 Å². The van der Waals surface area contributed by atoms with Gasteiger partial charge in [-0.15, -0.1) is 0 Å². The normalized spacial score (nSPS) is 10.7. The average Bonchev–Trinajstić information content (AvgIpc) is 3.18. The molecule has 0 radical (unpaired) electrons. The molecule has 2 amide bonds. The number of para-hydroxylation sites is 1. The number of nitrogens with zero attached hydrogens (tertiary/aromatic N) is 1. The van der Waals surface area contributed by atoms with Gasteiger partial charge in [-0.2, -0.15) is 0 Å². The number of hydrogen-bond acceptors (Lipinski definition) is 4. The molecule has 0 atom stereocenters. The zero-order valence-electron chi connectivity index (χ0n) is 17.4. The van der Waals surface area contributed by atoms with E-state index in [-0.39, 0.29) is 11.8 Å². The van der Waals surface area contributed by atoms with Gasteiger partial charge < -0.3 is 20.4 Å². The van der Waals surface area contributed by atoms with Gasteiger partial charge in [-0.3, -0.25) is 9.59 Å². The Morgan fingerprint density at radius 1 is 0.935 bits per heavy atom. The van der Waals surface area contributed by atoms with Crippen molar-refractivity contribution in [3.8, 4) is 16.9 Å². The topological polar surface area (TPSA) is 96.1 Å². The summed E-state index contributed by atoms with van der Waals surface area (Å²) >= 11 is 0. The van der Waals surface area contributed by atoms with Gasteiger partial charge in [-0.05, 0) is 36.8 Å². The highest BCUT2D eigenvalue weighted by molar-refractivity contribution is 6.13. The van der Waals surface area contributed by atoms with Crippen LogP contribution in [-0.2, 0) is 0 Å². The molecule has 1 heterocycles. The van der Waals surface area contributed by atoms with Gasteiger partial charge in [-0.1, -0.05) is 36.4 Å². The van der Waals surface area contributed by atoms with E-state index >= 15 is 0 Å². The van der Waals surface area contributed by atoms with E-state index in [4.69, 9.17) is 4.74 Å². The number of H-pyrrole nitrogens is 1. The summed E-state index contributed by atoms with van der Waals surface area (Å²) in [7, 11) is 3.09. The van der Waals surface area contributed by atoms with E-state index in [9.17, 15) is 9.59 Å². The summed E-state index contributed by atoms with van der Waals surface area (Å²) in [5, 5.41) is 5.58. The van der Waals surface area contributed by atoms with E-state index < -0.39 is 0 Å². The maximum atomic E-state index is 13.1. The first-order valence-electron chi connectivity index (χ1n) is 9.78. The van der Waals surface area contributed by atoms with Crippen LogP contribution >= 0.6 is 0 Å². The molecular formula is C24H22N4O3. The summed E-state index contributed by atoms with van der Waals surface area (Å²) in [4.78, 5) is 33.2. The van der Waals surface area contributed by atoms with Crippen LogP contribution in [0.25, 0.3) is 22.2 Å². The number of imidazole rings is 1. The summed E-state index contributed by atoms with van der Waals surface area (Å²) < 4.78 is 5.68. The Bertz CT molecular complexity index is 1280. The van der Waals surface area contributed by atoms with Crippen molar-refractivity contribution >= 4 is 28.5 Å². The second kappa shape index (κ2) is 8.31. The Morgan fingerprint density at radius 2 is 1.71 bits per heavy atom. The largest absolute Gasteiger partial charge is 0.494 e. The number of carbonyl (C=O) groups excluding carboxylic acids is 2. The van der Waals surface area contributed by atoms with Gasteiger partial charge >= 0.3 is 0 Å². The molecule has 31 heavy (non-hydrogen) atoms. The minimum absolute atomic E-state index is 0.244. The minimum Gasteiger partial charge on any atom is -0.494 e. The molecule has 7 nitrogen and oxygen atoms in total. The monoisotopic (exact) mass is 414 g/mol. The number of rotatable bonds is 5. The first-order valence-corrected chi connectivity index (χ1v) is 9.78. The third kappa shape index (κ3) is 3.73. The molecule has 0 aliphatic carbocycles. The molecule has 0 bridgehead atoms. The molecule has 156 valence electrons. The van der Waals surface area contributed by atoms with Gasteiger partial charge in [0.25, 0.3) is 11.8 Å².